The number of hydrogen-bond acceptors (Lipinski definition) is 3. The number of alkyl halides is 2. The van der Waals surface area contributed by atoms with E-state index < -0.39 is 6.43 Å². The largest absolute Gasteiger partial charge is 0.393 e. The minimum Gasteiger partial charge on any atom is -0.393 e. The van der Waals surface area contributed by atoms with Crippen LogP contribution in [0.5, 0.6) is 0 Å². The summed E-state index contributed by atoms with van der Waals surface area (Å²) in [5, 5.41) is 12.5. The minimum atomic E-state index is -2.29. The van der Waals surface area contributed by atoms with E-state index in [0.29, 0.717) is 5.92 Å². The summed E-state index contributed by atoms with van der Waals surface area (Å²) in [6, 6.07) is 0.122. The second kappa shape index (κ2) is 7.24. The lowest BCUT2D eigenvalue weighted by Crippen LogP contribution is -2.49. The molecule has 0 spiro atoms. The standard InChI is InChI=1S/C12H24F2N2O/c1-3-11(17)5-9-4-10(8-16(2)7-9)15-6-12(13)14/h9-12,15,17H,3-8H2,1-2H3. The molecule has 0 aromatic heterocycles. The summed E-state index contributed by atoms with van der Waals surface area (Å²) in [6.07, 6.45) is -0.138. The highest BCUT2D eigenvalue weighted by atomic mass is 19.3. The first-order valence-corrected chi connectivity index (χ1v) is 6.39. The number of nitrogens with one attached hydrogen (secondary N) is 1. The Morgan fingerprint density at radius 2 is 2.12 bits per heavy atom. The van der Waals surface area contributed by atoms with Crippen molar-refractivity contribution in [1.82, 2.24) is 10.2 Å². The van der Waals surface area contributed by atoms with Gasteiger partial charge >= 0.3 is 0 Å². The highest BCUT2D eigenvalue weighted by Crippen LogP contribution is 2.21. The normalized spacial score (nSPS) is 28.6. The lowest BCUT2D eigenvalue weighted by atomic mass is 9.89. The second-order valence-corrected chi connectivity index (χ2v) is 5.12. The van der Waals surface area contributed by atoms with Gasteiger partial charge in [0.15, 0.2) is 0 Å². The van der Waals surface area contributed by atoms with Crippen LogP contribution in [-0.4, -0.2) is 55.3 Å². The quantitative estimate of drug-likeness (QED) is 0.746. The van der Waals surface area contributed by atoms with Gasteiger partial charge in [0.2, 0.25) is 0 Å². The van der Waals surface area contributed by atoms with Crippen LogP contribution in [0.25, 0.3) is 0 Å². The average molecular weight is 250 g/mol. The van der Waals surface area contributed by atoms with Crippen molar-refractivity contribution in [1.29, 1.82) is 0 Å². The Hall–Kier alpha value is -0.260. The fourth-order valence-electron chi connectivity index (χ4n) is 2.57. The third kappa shape index (κ3) is 5.75. The van der Waals surface area contributed by atoms with Crippen molar-refractivity contribution in [3.63, 3.8) is 0 Å². The molecule has 1 fully saturated rings. The predicted octanol–water partition coefficient (Wildman–Crippen LogP) is 1.32. The summed E-state index contributed by atoms with van der Waals surface area (Å²) in [4.78, 5) is 2.15. The molecule has 0 radical (unpaired) electrons. The Bertz CT molecular complexity index is 217. The van der Waals surface area contributed by atoms with Crippen molar-refractivity contribution < 1.29 is 13.9 Å². The van der Waals surface area contributed by atoms with Crippen molar-refractivity contribution in [2.24, 2.45) is 5.92 Å². The monoisotopic (exact) mass is 250 g/mol. The lowest BCUT2D eigenvalue weighted by molar-refractivity contribution is 0.0854. The Balaban J connectivity index is 2.36. The number of piperidine rings is 1. The molecule has 3 unspecified atom stereocenters. The van der Waals surface area contributed by atoms with Crippen LogP contribution in [0.3, 0.4) is 0 Å². The maximum Gasteiger partial charge on any atom is 0.250 e. The maximum absolute atomic E-state index is 12.1. The van der Waals surface area contributed by atoms with Gasteiger partial charge in [-0.15, -0.1) is 0 Å². The van der Waals surface area contributed by atoms with Crippen molar-refractivity contribution in [2.75, 3.05) is 26.7 Å². The first-order valence-electron chi connectivity index (χ1n) is 6.39. The second-order valence-electron chi connectivity index (χ2n) is 5.12. The van der Waals surface area contributed by atoms with Gasteiger partial charge in [-0.1, -0.05) is 6.92 Å². The zero-order valence-electron chi connectivity index (χ0n) is 10.7. The van der Waals surface area contributed by atoms with Gasteiger partial charge in [0, 0.05) is 19.1 Å². The summed E-state index contributed by atoms with van der Waals surface area (Å²) in [6.45, 7) is 3.49. The Morgan fingerprint density at radius 1 is 1.41 bits per heavy atom. The molecule has 17 heavy (non-hydrogen) atoms. The number of likely N-dealkylation sites (tertiary alicyclic amines) is 1. The molecular weight excluding hydrogens is 226 g/mol. The van der Waals surface area contributed by atoms with Crippen LogP contribution in [0.1, 0.15) is 26.2 Å². The molecule has 102 valence electrons. The average Bonchev–Trinajstić information content (AvgIpc) is 2.25. The fourth-order valence-corrected chi connectivity index (χ4v) is 2.57. The van der Waals surface area contributed by atoms with E-state index in [1.54, 1.807) is 0 Å². The highest BCUT2D eigenvalue weighted by molar-refractivity contribution is 4.83. The molecule has 1 aliphatic rings. The Labute approximate surface area is 102 Å². The molecule has 1 saturated heterocycles. The number of halogens is 2. The molecule has 0 bridgehead atoms. The lowest BCUT2D eigenvalue weighted by Gasteiger charge is -2.36. The molecule has 1 heterocycles. The van der Waals surface area contributed by atoms with Crippen LogP contribution in [0.4, 0.5) is 8.78 Å². The SMILES string of the molecule is CCC(O)CC1CC(NCC(F)F)CN(C)C1. The molecule has 3 nitrogen and oxygen atoms in total. The minimum absolute atomic E-state index is 0.122. The van der Waals surface area contributed by atoms with Crippen LogP contribution < -0.4 is 5.32 Å². The van der Waals surface area contributed by atoms with Gasteiger partial charge in [-0.2, -0.15) is 0 Å². The van der Waals surface area contributed by atoms with Crippen LogP contribution >= 0.6 is 0 Å². The molecule has 0 aromatic carbocycles. The summed E-state index contributed by atoms with van der Waals surface area (Å²) in [7, 11) is 2.00. The molecule has 0 amide bonds. The third-order valence-corrected chi connectivity index (χ3v) is 3.36. The topological polar surface area (TPSA) is 35.5 Å². The van der Waals surface area contributed by atoms with Crippen LogP contribution in [0.15, 0.2) is 0 Å². The van der Waals surface area contributed by atoms with Crippen molar-refractivity contribution in [2.45, 2.75) is 44.8 Å². The Morgan fingerprint density at radius 3 is 2.71 bits per heavy atom. The highest BCUT2D eigenvalue weighted by Gasteiger charge is 2.26. The van der Waals surface area contributed by atoms with E-state index in [4.69, 9.17) is 0 Å². The van der Waals surface area contributed by atoms with Gasteiger partial charge in [0.25, 0.3) is 6.43 Å². The molecule has 3 atom stereocenters. The number of likely N-dealkylation sites (N-methyl/N-ethyl adjacent to an activating group) is 1. The number of nitrogens with zero attached hydrogens (tertiary/aromatic N) is 1. The molecule has 1 rings (SSSR count). The van der Waals surface area contributed by atoms with E-state index in [2.05, 4.69) is 10.2 Å². The first kappa shape index (κ1) is 14.8. The number of hydrogen-bond donors (Lipinski definition) is 2. The number of rotatable bonds is 6. The molecule has 0 saturated carbocycles. The molecule has 1 aliphatic heterocycles. The molecule has 5 heteroatoms. The number of aliphatic hydroxyl groups is 1. The molecule has 0 aromatic rings. The smallest absolute Gasteiger partial charge is 0.250 e. The van der Waals surface area contributed by atoms with Crippen LogP contribution in [-0.2, 0) is 0 Å². The summed E-state index contributed by atoms with van der Waals surface area (Å²) in [5.41, 5.74) is 0. The van der Waals surface area contributed by atoms with Gasteiger partial charge < -0.3 is 15.3 Å². The molecule has 2 N–H and O–H groups in total. The molecule has 0 aliphatic carbocycles. The summed E-state index contributed by atoms with van der Waals surface area (Å²) < 4.78 is 24.3. The van der Waals surface area contributed by atoms with Crippen LogP contribution in [0, 0.1) is 5.92 Å². The fraction of sp³-hybridized carbons (Fsp3) is 1.00. The summed E-state index contributed by atoms with van der Waals surface area (Å²) >= 11 is 0. The zero-order valence-corrected chi connectivity index (χ0v) is 10.7. The van der Waals surface area contributed by atoms with Gasteiger partial charge in [-0.05, 0) is 32.2 Å². The van der Waals surface area contributed by atoms with Crippen molar-refractivity contribution in [3.8, 4) is 0 Å². The summed E-state index contributed by atoms with van der Waals surface area (Å²) in [5.74, 6) is 0.402. The van der Waals surface area contributed by atoms with E-state index in [-0.39, 0.29) is 18.7 Å². The van der Waals surface area contributed by atoms with E-state index in [1.165, 1.54) is 0 Å². The van der Waals surface area contributed by atoms with Crippen molar-refractivity contribution in [3.05, 3.63) is 0 Å². The van der Waals surface area contributed by atoms with E-state index in [0.717, 1.165) is 32.4 Å². The van der Waals surface area contributed by atoms with E-state index in [9.17, 15) is 13.9 Å². The van der Waals surface area contributed by atoms with Gasteiger partial charge in [0.1, 0.15) is 0 Å². The predicted molar refractivity (Wildman–Crippen MR) is 64.3 cm³/mol. The zero-order chi connectivity index (χ0) is 12.8. The number of aliphatic hydroxyl groups excluding tert-OH is 1. The van der Waals surface area contributed by atoms with E-state index in [1.807, 2.05) is 14.0 Å². The first-order chi connectivity index (χ1) is 8.01. The van der Waals surface area contributed by atoms with Crippen molar-refractivity contribution >= 4 is 0 Å². The van der Waals surface area contributed by atoms with E-state index >= 15 is 0 Å². The van der Waals surface area contributed by atoms with Gasteiger partial charge in [-0.3, -0.25) is 0 Å². The Kier molecular flexibility index (Phi) is 6.30. The molecular formula is C12H24F2N2O. The maximum atomic E-state index is 12.1. The van der Waals surface area contributed by atoms with Gasteiger partial charge in [-0.25, -0.2) is 8.78 Å². The van der Waals surface area contributed by atoms with Crippen LogP contribution in [0.2, 0.25) is 0 Å². The van der Waals surface area contributed by atoms with Gasteiger partial charge in [0.05, 0.1) is 12.6 Å². The third-order valence-electron chi connectivity index (χ3n) is 3.36.